The minimum Gasteiger partial charge on any atom is -0.444 e. The number of hydrogen-bond donors (Lipinski definition) is 0. The second kappa shape index (κ2) is 4.40. The summed E-state index contributed by atoms with van der Waals surface area (Å²) in [6, 6.07) is 4.99. The van der Waals surface area contributed by atoms with Crippen LogP contribution in [-0.2, 0) is 16.0 Å². The molecule has 0 saturated carbocycles. The standard InChI is InChI=1S/C11H12N2O4/c1-8(17-7-14)12-6-5-9-3-2-4-10(11(9)12)13(15)16/h2-4,7-8H,5-6H2,1H3. The van der Waals surface area contributed by atoms with Crippen LogP contribution in [0.15, 0.2) is 18.2 Å². The Labute approximate surface area is 97.9 Å². The molecule has 6 heteroatoms. The van der Waals surface area contributed by atoms with E-state index < -0.39 is 11.2 Å². The molecule has 0 aliphatic carbocycles. The van der Waals surface area contributed by atoms with Crippen LogP contribution in [0.5, 0.6) is 0 Å². The van der Waals surface area contributed by atoms with Crippen LogP contribution in [0.3, 0.4) is 0 Å². The van der Waals surface area contributed by atoms with Gasteiger partial charge in [-0.05, 0) is 18.9 Å². The Bertz CT molecular complexity index is 461. The van der Waals surface area contributed by atoms with Gasteiger partial charge in [-0.3, -0.25) is 14.9 Å². The summed E-state index contributed by atoms with van der Waals surface area (Å²) in [6.45, 7) is 2.67. The molecule has 90 valence electrons. The van der Waals surface area contributed by atoms with Gasteiger partial charge in [-0.1, -0.05) is 12.1 Å². The normalized spacial score (nSPS) is 15.2. The first kappa shape index (κ1) is 11.4. The smallest absolute Gasteiger partial charge is 0.294 e. The van der Waals surface area contributed by atoms with E-state index in [1.54, 1.807) is 17.9 Å². The quantitative estimate of drug-likeness (QED) is 0.449. The van der Waals surface area contributed by atoms with Gasteiger partial charge in [0.1, 0.15) is 5.69 Å². The molecule has 0 spiro atoms. The van der Waals surface area contributed by atoms with Gasteiger partial charge in [-0.15, -0.1) is 0 Å². The van der Waals surface area contributed by atoms with E-state index in [-0.39, 0.29) is 5.69 Å². The molecule has 0 radical (unpaired) electrons. The molecule has 0 saturated heterocycles. The third-order valence-electron chi connectivity index (χ3n) is 2.90. The van der Waals surface area contributed by atoms with Crippen LogP contribution < -0.4 is 4.90 Å². The van der Waals surface area contributed by atoms with Crippen molar-refractivity contribution in [2.75, 3.05) is 11.4 Å². The molecule has 1 unspecified atom stereocenters. The lowest BCUT2D eigenvalue weighted by Crippen LogP contribution is -2.33. The van der Waals surface area contributed by atoms with Crippen LogP contribution in [0.4, 0.5) is 11.4 Å². The molecule has 1 aromatic carbocycles. The molecule has 1 heterocycles. The Hall–Kier alpha value is -2.11. The van der Waals surface area contributed by atoms with Gasteiger partial charge in [0.05, 0.1) is 4.92 Å². The van der Waals surface area contributed by atoms with E-state index in [0.29, 0.717) is 18.7 Å². The van der Waals surface area contributed by atoms with Crippen LogP contribution in [0.2, 0.25) is 0 Å². The third-order valence-corrected chi connectivity index (χ3v) is 2.90. The first-order valence-electron chi connectivity index (χ1n) is 5.27. The number of nitro benzene ring substituents is 1. The number of rotatable bonds is 4. The summed E-state index contributed by atoms with van der Waals surface area (Å²) < 4.78 is 4.84. The number of carbonyl (C=O) groups is 1. The first-order valence-corrected chi connectivity index (χ1v) is 5.27. The molecule has 1 aliphatic rings. The van der Waals surface area contributed by atoms with Gasteiger partial charge < -0.3 is 9.64 Å². The Morgan fingerprint density at radius 3 is 3.00 bits per heavy atom. The maximum absolute atomic E-state index is 11.0. The fourth-order valence-corrected chi connectivity index (χ4v) is 2.13. The highest BCUT2D eigenvalue weighted by Crippen LogP contribution is 2.37. The molecule has 1 atom stereocenters. The molecule has 2 rings (SSSR count). The van der Waals surface area contributed by atoms with E-state index in [1.807, 2.05) is 6.07 Å². The summed E-state index contributed by atoms with van der Waals surface area (Å²) in [4.78, 5) is 22.6. The van der Waals surface area contributed by atoms with Gasteiger partial charge in [0.15, 0.2) is 6.23 Å². The molecule has 0 N–H and O–H groups in total. The molecule has 6 nitrogen and oxygen atoms in total. The summed E-state index contributed by atoms with van der Waals surface area (Å²) in [5, 5.41) is 11.0. The van der Waals surface area contributed by atoms with Crippen molar-refractivity contribution in [2.45, 2.75) is 19.6 Å². The minimum atomic E-state index is -0.491. The number of carbonyl (C=O) groups excluding carboxylic acids is 1. The zero-order chi connectivity index (χ0) is 12.4. The van der Waals surface area contributed by atoms with Gasteiger partial charge >= 0.3 is 0 Å². The zero-order valence-electron chi connectivity index (χ0n) is 9.33. The fraction of sp³-hybridized carbons (Fsp3) is 0.364. The van der Waals surface area contributed by atoms with Crippen LogP contribution in [0.1, 0.15) is 12.5 Å². The number of para-hydroxylation sites is 1. The predicted molar refractivity (Wildman–Crippen MR) is 60.8 cm³/mol. The summed E-state index contributed by atoms with van der Waals surface area (Å²) in [5.41, 5.74) is 1.54. The van der Waals surface area contributed by atoms with Gasteiger partial charge in [0, 0.05) is 12.6 Å². The fourth-order valence-electron chi connectivity index (χ4n) is 2.13. The highest BCUT2D eigenvalue weighted by atomic mass is 16.6. The summed E-state index contributed by atoms with van der Waals surface area (Å²) in [5.74, 6) is 0. The number of ether oxygens (including phenoxy) is 1. The van der Waals surface area contributed by atoms with Crippen LogP contribution in [0, 0.1) is 10.1 Å². The van der Waals surface area contributed by atoms with E-state index in [9.17, 15) is 14.9 Å². The molecule has 1 aromatic rings. The van der Waals surface area contributed by atoms with Gasteiger partial charge in [0.2, 0.25) is 0 Å². The molecule has 17 heavy (non-hydrogen) atoms. The van der Waals surface area contributed by atoms with Crippen molar-refractivity contribution in [1.29, 1.82) is 0 Å². The van der Waals surface area contributed by atoms with Crippen LogP contribution in [0.25, 0.3) is 0 Å². The van der Waals surface area contributed by atoms with Crippen molar-refractivity contribution < 1.29 is 14.5 Å². The molecule has 0 amide bonds. The third kappa shape index (κ3) is 1.93. The number of nitrogens with zero attached hydrogens (tertiary/aromatic N) is 2. The van der Waals surface area contributed by atoms with Crippen molar-refractivity contribution in [2.24, 2.45) is 0 Å². The van der Waals surface area contributed by atoms with Gasteiger partial charge in [0.25, 0.3) is 12.2 Å². The molecule has 1 aliphatic heterocycles. The van der Waals surface area contributed by atoms with Crippen LogP contribution in [-0.4, -0.2) is 24.2 Å². The van der Waals surface area contributed by atoms with Gasteiger partial charge in [-0.25, -0.2) is 0 Å². The second-order valence-corrected chi connectivity index (χ2v) is 3.82. The molecular formula is C11H12N2O4. The lowest BCUT2D eigenvalue weighted by molar-refractivity contribution is -0.384. The lowest BCUT2D eigenvalue weighted by Gasteiger charge is -2.24. The monoisotopic (exact) mass is 236 g/mol. The molecular weight excluding hydrogens is 224 g/mol. The van der Waals surface area contributed by atoms with Crippen molar-refractivity contribution >= 4 is 17.8 Å². The van der Waals surface area contributed by atoms with E-state index in [4.69, 9.17) is 4.74 Å². The number of anilines is 1. The zero-order valence-corrected chi connectivity index (χ0v) is 9.33. The molecule has 0 bridgehead atoms. The summed E-state index contributed by atoms with van der Waals surface area (Å²) in [6.07, 6.45) is 0.235. The van der Waals surface area contributed by atoms with E-state index in [2.05, 4.69) is 0 Å². The molecule has 0 fully saturated rings. The number of fused-ring (bicyclic) bond motifs is 1. The lowest BCUT2D eigenvalue weighted by atomic mass is 10.1. The van der Waals surface area contributed by atoms with Gasteiger partial charge in [-0.2, -0.15) is 0 Å². The highest BCUT2D eigenvalue weighted by Gasteiger charge is 2.31. The topological polar surface area (TPSA) is 72.7 Å². The van der Waals surface area contributed by atoms with Crippen molar-refractivity contribution in [3.63, 3.8) is 0 Å². The molecule has 0 aromatic heterocycles. The van der Waals surface area contributed by atoms with Crippen LogP contribution >= 0.6 is 0 Å². The summed E-state index contributed by atoms with van der Waals surface area (Å²) >= 11 is 0. The summed E-state index contributed by atoms with van der Waals surface area (Å²) in [7, 11) is 0. The maximum atomic E-state index is 11.0. The van der Waals surface area contributed by atoms with Crippen molar-refractivity contribution in [3.8, 4) is 0 Å². The minimum absolute atomic E-state index is 0.0568. The largest absolute Gasteiger partial charge is 0.444 e. The first-order chi connectivity index (χ1) is 8.15. The number of nitro groups is 1. The number of benzene rings is 1. The highest BCUT2D eigenvalue weighted by molar-refractivity contribution is 5.71. The second-order valence-electron chi connectivity index (χ2n) is 3.82. The SMILES string of the molecule is CC(OC=O)N1CCc2cccc([N+](=O)[O-])c21. The Morgan fingerprint density at radius 2 is 2.35 bits per heavy atom. The van der Waals surface area contributed by atoms with E-state index >= 15 is 0 Å². The average Bonchev–Trinajstić information content (AvgIpc) is 2.72. The van der Waals surface area contributed by atoms with E-state index in [0.717, 1.165) is 12.0 Å². The Balaban J connectivity index is 2.41. The average molecular weight is 236 g/mol. The Morgan fingerprint density at radius 1 is 1.59 bits per heavy atom. The van der Waals surface area contributed by atoms with Crippen molar-refractivity contribution in [3.05, 3.63) is 33.9 Å². The Kier molecular flexibility index (Phi) is 2.95. The van der Waals surface area contributed by atoms with E-state index in [1.165, 1.54) is 6.07 Å². The predicted octanol–water partition coefficient (Wildman–Crippen LogP) is 1.48. The number of hydrogen-bond acceptors (Lipinski definition) is 5. The maximum Gasteiger partial charge on any atom is 0.294 e. The van der Waals surface area contributed by atoms with Crippen molar-refractivity contribution in [1.82, 2.24) is 0 Å².